The first-order valence-corrected chi connectivity index (χ1v) is 13.0. The van der Waals surface area contributed by atoms with Gasteiger partial charge in [-0.05, 0) is 53.2 Å². The number of nitro benzene ring substituents is 1. The molecule has 0 unspecified atom stereocenters. The van der Waals surface area contributed by atoms with Gasteiger partial charge in [0.05, 0.1) is 9.82 Å². The summed E-state index contributed by atoms with van der Waals surface area (Å²) in [6.45, 7) is 0. The van der Waals surface area contributed by atoms with Crippen molar-refractivity contribution in [2.75, 3.05) is 4.72 Å². The molecule has 0 atom stereocenters. The molecule has 0 heterocycles. The molecule has 224 valence electrons. The molecule has 4 aromatic rings. The summed E-state index contributed by atoms with van der Waals surface area (Å²) in [6.07, 6.45) is -5.08. The van der Waals surface area contributed by atoms with Crippen molar-refractivity contribution in [1.82, 2.24) is 0 Å². The van der Waals surface area contributed by atoms with Crippen LogP contribution in [0.25, 0.3) is 10.8 Å². The first-order valence-electron chi connectivity index (χ1n) is 11.5. The number of non-ortho nitro benzene ring substituents is 1. The fourth-order valence-electron chi connectivity index (χ4n) is 3.41. The third-order valence-electron chi connectivity index (χ3n) is 5.39. The van der Waals surface area contributed by atoms with Gasteiger partial charge >= 0.3 is 18.1 Å². The van der Waals surface area contributed by atoms with Gasteiger partial charge in [0, 0.05) is 23.4 Å². The number of aliphatic carboxylic acids is 1. The van der Waals surface area contributed by atoms with E-state index in [0.29, 0.717) is 11.3 Å². The summed E-state index contributed by atoms with van der Waals surface area (Å²) in [6, 6.07) is 18.4. The lowest BCUT2D eigenvalue weighted by molar-refractivity contribution is -0.385. The molecule has 13 nitrogen and oxygen atoms in total. The molecule has 0 amide bonds. The van der Waals surface area contributed by atoms with Crippen LogP contribution in [0.3, 0.4) is 0 Å². The van der Waals surface area contributed by atoms with Crippen LogP contribution in [-0.4, -0.2) is 47.5 Å². The Morgan fingerprint density at radius 2 is 1.58 bits per heavy atom. The highest BCUT2D eigenvalue weighted by molar-refractivity contribution is 7.92. The molecule has 0 aliphatic carbocycles. The van der Waals surface area contributed by atoms with E-state index in [1.54, 1.807) is 36.4 Å². The van der Waals surface area contributed by atoms with E-state index in [4.69, 9.17) is 25.8 Å². The zero-order valence-corrected chi connectivity index (χ0v) is 22.1. The van der Waals surface area contributed by atoms with Crippen molar-refractivity contribution in [1.29, 1.82) is 5.41 Å². The largest absolute Gasteiger partial charge is 0.490 e. The van der Waals surface area contributed by atoms with E-state index in [1.165, 1.54) is 24.3 Å². The highest BCUT2D eigenvalue weighted by Crippen LogP contribution is 2.31. The molecule has 43 heavy (non-hydrogen) atoms. The number of hydrogen-bond donors (Lipinski definition) is 5. The van der Waals surface area contributed by atoms with E-state index in [9.17, 15) is 41.6 Å². The summed E-state index contributed by atoms with van der Waals surface area (Å²) in [5.41, 5.74) is 5.31. The standard InChI is InChI=1S/C24H18N4O7S.C2HF3O2/c25-23(26)16-5-4-15-11-19(8-6-14(15)10-16)35-22-9-7-17(12-21(22)24(29)30)27-36(33,34)20-3-1-2-18(13-20)28(31)32;3-2(4,5)1(6)7/h1-13,27H,(H3,25,26)(H,29,30);(H,6,7). The first kappa shape index (κ1) is 31.8. The molecule has 0 saturated carbocycles. The van der Waals surface area contributed by atoms with E-state index < -0.39 is 38.7 Å². The second-order valence-corrected chi connectivity index (χ2v) is 10.1. The fraction of sp³-hybridized carbons (Fsp3) is 0.0385. The smallest absolute Gasteiger partial charge is 0.478 e. The molecule has 6 N–H and O–H groups in total. The maximum Gasteiger partial charge on any atom is 0.490 e. The second kappa shape index (κ2) is 12.4. The monoisotopic (exact) mass is 620 g/mol. The molecule has 0 spiro atoms. The lowest BCUT2D eigenvalue weighted by atomic mass is 10.1. The van der Waals surface area contributed by atoms with Crippen LogP contribution >= 0.6 is 0 Å². The summed E-state index contributed by atoms with van der Waals surface area (Å²) in [7, 11) is -4.23. The van der Waals surface area contributed by atoms with E-state index in [-0.39, 0.29) is 27.7 Å². The molecule has 0 fully saturated rings. The van der Waals surface area contributed by atoms with Gasteiger partial charge in [-0.15, -0.1) is 0 Å². The highest BCUT2D eigenvalue weighted by atomic mass is 32.2. The van der Waals surface area contributed by atoms with Crippen molar-refractivity contribution >= 4 is 49.9 Å². The average molecular weight is 621 g/mol. The van der Waals surface area contributed by atoms with Crippen molar-refractivity contribution in [3.05, 3.63) is 100 Å². The van der Waals surface area contributed by atoms with Gasteiger partial charge in [0.2, 0.25) is 0 Å². The summed E-state index contributed by atoms with van der Waals surface area (Å²) < 4.78 is 65.1. The van der Waals surface area contributed by atoms with Gasteiger partial charge in [-0.2, -0.15) is 13.2 Å². The Labute approximate surface area is 239 Å². The number of carbonyl (C=O) groups is 2. The Kier molecular flexibility index (Phi) is 9.20. The molecule has 0 aliphatic heterocycles. The third-order valence-corrected chi connectivity index (χ3v) is 6.77. The normalized spacial score (nSPS) is 11.1. The number of carboxylic acid groups (broad SMARTS) is 2. The summed E-state index contributed by atoms with van der Waals surface area (Å²) in [5.74, 6) is -3.86. The number of halogens is 3. The van der Waals surface area contributed by atoms with Gasteiger partial charge in [0.25, 0.3) is 15.7 Å². The Balaban J connectivity index is 0.000000646. The molecular weight excluding hydrogens is 601 g/mol. The number of benzene rings is 4. The van der Waals surface area contributed by atoms with Crippen LogP contribution in [0.2, 0.25) is 0 Å². The number of sulfonamides is 1. The van der Waals surface area contributed by atoms with Gasteiger partial charge < -0.3 is 20.7 Å². The predicted molar refractivity (Wildman–Crippen MR) is 146 cm³/mol. The molecule has 0 saturated heterocycles. The zero-order valence-electron chi connectivity index (χ0n) is 21.3. The van der Waals surface area contributed by atoms with Crippen LogP contribution in [0.15, 0.2) is 83.8 Å². The minimum Gasteiger partial charge on any atom is -0.478 e. The fourth-order valence-corrected chi connectivity index (χ4v) is 4.50. The van der Waals surface area contributed by atoms with Gasteiger partial charge in [-0.25, -0.2) is 18.0 Å². The highest BCUT2D eigenvalue weighted by Gasteiger charge is 2.38. The predicted octanol–water partition coefficient (Wildman–Crippen LogP) is 4.96. The van der Waals surface area contributed by atoms with Gasteiger partial charge in [0.1, 0.15) is 22.9 Å². The minimum absolute atomic E-state index is 0.0273. The second-order valence-electron chi connectivity index (χ2n) is 8.42. The van der Waals surface area contributed by atoms with Crippen LogP contribution in [0.5, 0.6) is 11.5 Å². The number of fused-ring (bicyclic) bond motifs is 1. The lowest BCUT2D eigenvalue weighted by Crippen LogP contribution is -2.21. The number of anilines is 1. The Bertz CT molecular complexity index is 1860. The van der Waals surface area contributed by atoms with E-state index in [0.717, 1.165) is 29.0 Å². The Hall–Kier alpha value is -5.71. The van der Waals surface area contributed by atoms with Gasteiger partial charge in [-0.1, -0.05) is 24.3 Å². The van der Waals surface area contributed by atoms with Crippen molar-refractivity contribution in [3.63, 3.8) is 0 Å². The number of nitro groups is 1. The number of aromatic carboxylic acids is 1. The van der Waals surface area contributed by atoms with Crippen LogP contribution in [-0.2, 0) is 14.8 Å². The van der Waals surface area contributed by atoms with Crippen molar-refractivity contribution < 1.29 is 51.1 Å². The number of nitrogens with zero attached hydrogens (tertiary/aromatic N) is 1. The van der Waals surface area contributed by atoms with Crippen molar-refractivity contribution in [2.24, 2.45) is 5.73 Å². The number of carboxylic acids is 2. The number of nitrogen functional groups attached to an aromatic ring is 1. The topological polar surface area (TPSA) is 223 Å². The van der Waals surface area contributed by atoms with Crippen LogP contribution < -0.4 is 15.2 Å². The van der Waals surface area contributed by atoms with E-state index in [2.05, 4.69) is 4.72 Å². The lowest BCUT2D eigenvalue weighted by Gasteiger charge is -2.13. The molecule has 0 bridgehead atoms. The van der Waals surface area contributed by atoms with Gasteiger partial charge in [-0.3, -0.25) is 20.2 Å². The maximum atomic E-state index is 12.7. The molecule has 4 aromatic carbocycles. The number of alkyl halides is 3. The number of ether oxygens (including phenoxy) is 1. The molecule has 4 rings (SSSR count). The minimum atomic E-state index is -5.08. The van der Waals surface area contributed by atoms with E-state index >= 15 is 0 Å². The van der Waals surface area contributed by atoms with E-state index in [1.807, 2.05) is 0 Å². The number of amidine groups is 1. The quantitative estimate of drug-likeness (QED) is 0.0770. The summed E-state index contributed by atoms with van der Waals surface area (Å²) in [4.78, 5) is 30.7. The van der Waals surface area contributed by atoms with Gasteiger partial charge in [0.15, 0.2) is 0 Å². The van der Waals surface area contributed by atoms with Crippen LogP contribution in [0, 0.1) is 15.5 Å². The van der Waals surface area contributed by atoms with Crippen molar-refractivity contribution in [2.45, 2.75) is 11.1 Å². The SMILES string of the molecule is N=C(N)c1ccc2cc(Oc3ccc(NS(=O)(=O)c4cccc([N+](=O)[O-])c4)cc3C(=O)O)ccc2c1.O=C(O)C(F)(F)F. The van der Waals surface area contributed by atoms with Crippen LogP contribution in [0.1, 0.15) is 15.9 Å². The zero-order chi connectivity index (χ0) is 32.1. The Morgan fingerprint density at radius 1 is 0.953 bits per heavy atom. The first-order chi connectivity index (χ1) is 20.0. The maximum absolute atomic E-state index is 12.7. The molecule has 0 aliphatic rings. The molecule has 17 heteroatoms. The molecule has 0 aromatic heterocycles. The number of nitrogens with two attached hydrogens (primary N) is 1. The Morgan fingerprint density at radius 3 is 2.16 bits per heavy atom. The third kappa shape index (κ3) is 8.17. The number of rotatable bonds is 8. The number of nitrogens with one attached hydrogen (secondary N) is 2. The average Bonchev–Trinajstić information content (AvgIpc) is 2.93. The summed E-state index contributed by atoms with van der Waals surface area (Å²) in [5, 5.41) is 36.9. The summed E-state index contributed by atoms with van der Waals surface area (Å²) >= 11 is 0. The molecular formula is C26H19F3N4O9S. The number of hydrogen-bond acceptors (Lipinski definition) is 8. The van der Waals surface area contributed by atoms with Crippen molar-refractivity contribution in [3.8, 4) is 11.5 Å². The molecule has 0 radical (unpaired) electrons. The van der Waals surface area contributed by atoms with Crippen LogP contribution in [0.4, 0.5) is 24.5 Å².